The summed E-state index contributed by atoms with van der Waals surface area (Å²) in [5.41, 5.74) is 5.94. The van der Waals surface area contributed by atoms with E-state index in [0.717, 1.165) is 0 Å². The fraction of sp³-hybridized carbons (Fsp3) is 0.333. The molecule has 0 fully saturated rings. The molecule has 0 aliphatic heterocycles. The SMILES string of the molecule is CC1(C)C=CC=C(O)C(N)=C1. The molecule has 1 aliphatic carbocycles. The van der Waals surface area contributed by atoms with Crippen LogP contribution in [0.3, 0.4) is 0 Å². The normalized spacial score (nSPS) is 22.0. The number of hydrogen-bond donors (Lipinski definition) is 2. The quantitative estimate of drug-likeness (QED) is 0.555. The van der Waals surface area contributed by atoms with E-state index >= 15 is 0 Å². The highest BCUT2D eigenvalue weighted by molar-refractivity contribution is 5.32. The van der Waals surface area contributed by atoms with Crippen molar-refractivity contribution in [1.29, 1.82) is 0 Å². The van der Waals surface area contributed by atoms with Gasteiger partial charge in [-0.05, 0) is 12.2 Å². The molecule has 1 rings (SSSR count). The molecule has 0 bridgehead atoms. The maximum atomic E-state index is 9.21. The van der Waals surface area contributed by atoms with Crippen molar-refractivity contribution in [3.63, 3.8) is 0 Å². The van der Waals surface area contributed by atoms with Crippen molar-refractivity contribution in [3.8, 4) is 0 Å². The lowest BCUT2D eigenvalue weighted by molar-refractivity contribution is 0.420. The predicted molar refractivity (Wildman–Crippen MR) is 45.9 cm³/mol. The maximum absolute atomic E-state index is 9.21. The summed E-state index contributed by atoms with van der Waals surface area (Å²) in [5.74, 6) is 0.145. The second-order valence-electron chi connectivity index (χ2n) is 3.33. The standard InChI is InChI=1S/C9H13NO/c1-9(2)5-3-4-8(11)7(10)6-9/h3-6,11H,10H2,1-2H3. The van der Waals surface area contributed by atoms with Crippen molar-refractivity contribution in [2.24, 2.45) is 11.1 Å². The zero-order valence-electron chi connectivity index (χ0n) is 6.83. The van der Waals surface area contributed by atoms with E-state index in [0.29, 0.717) is 5.70 Å². The number of nitrogens with two attached hydrogens (primary N) is 1. The summed E-state index contributed by atoms with van der Waals surface area (Å²) in [7, 11) is 0. The van der Waals surface area contributed by atoms with Crippen LogP contribution in [0.1, 0.15) is 13.8 Å². The molecule has 0 saturated carbocycles. The molecule has 0 amide bonds. The summed E-state index contributed by atoms with van der Waals surface area (Å²) in [6, 6.07) is 0. The van der Waals surface area contributed by atoms with Crippen molar-refractivity contribution in [1.82, 2.24) is 0 Å². The highest BCUT2D eigenvalue weighted by Gasteiger charge is 2.13. The van der Waals surface area contributed by atoms with E-state index in [1.807, 2.05) is 32.1 Å². The zero-order chi connectivity index (χ0) is 8.48. The van der Waals surface area contributed by atoms with Crippen LogP contribution in [0, 0.1) is 5.41 Å². The Morgan fingerprint density at radius 2 is 2.09 bits per heavy atom. The van der Waals surface area contributed by atoms with Crippen LogP contribution in [0.15, 0.2) is 35.8 Å². The van der Waals surface area contributed by atoms with Gasteiger partial charge in [-0.3, -0.25) is 0 Å². The molecule has 0 aromatic carbocycles. The van der Waals surface area contributed by atoms with Crippen LogP contribution in [0.5, 0.6) is 0 Å². The summed E-state index contributed by atoms with van der Waals surface area (Å²) in [5, 5.41) is 9.21. The number of rotatable bonds is 0. The Hall–Kier alpha value is -1.18. The molecule has 2 nitrogen and oxygen atoms in total. The van der Waals surface area contributed by atoms with Crippen molar-refractivity contribution in [3.05, 3.63) is 35.8 Å². The van der Waals surface area contributed by atoms with Crippen molar-refractivity contribution >= 4 is 0 Å². The second kappa shape index (κ2) is 2.46. The highest BCUT2D eigenvalue weighted by Crippen LogP contribution is 2.23. The fourth-order valence-corrected chi connectivity index (χ4v) is 1.01. The lowest BCUT2D eigenvalue weighted by atomic mass is 9.92. The molecular weight excluding hydrogens is 138 g/mol. The first-order valence-corrected chi connectivity index (χ1v) is 3.58. The monoisotopic (exact) mass is 151 g/mol. The van der Waals surface area contributed by atoms with E-state index in [-0.39, 0.29) is 11.2 Å². The van der Waals surface area contributed by atoms with E-state index in [1.165, 1.54) is 0 Å². The van der Waals surface area contributed by atoms with Gasteiger partial charge in [0, 0.05) is 5.41 Å². The van der Waals surface area contributed by atoms with E-state index in [4.69, 9.17) is 5.73 Å². The fourth-order valence-electron chi connectivity index (χ4n) is 1.01. The van der Waals surface area contributed by atoms with Crippen molar-refractivity contribution in [2.75, 3.05) is 0 Å². The molecule has 11 heavy (non-hydrogen) atoms. The van der Waals surface area contributed by atoms with E-state index < -0.39 is 0 Å². The van der Waals surface area contributed by atoms with E-state index in [9.17, 15) is 5.11 Å². The molecule has 0 spiro atoms. The first-order valence-electron chi connectivity index (χ1n) is 3.58. The lowest BCUT2D eigenvalue weighted by Gasteiger charge is -2.13. The topological polar surface area (TPSA) is 46.2 Å². The van der Waals surface area contributed by atoms with Gasteiger partial charge >= 0.3 is 0 Å². The van der Waals surface area contributed by atoms with Gasteiger partial charge in [0.05, 0.1) is 5.70 Å². The summed E-state index contributed by atoms with van der Waals surface area (Å²) in [6.07, 6.45) is 7.23. The molecule has 0 aromatic heterocycles. The Balaban J connectivity index is 3.03. The van der Waals surface area contributed by atoms with Crippen LogP contribution in [0.4, 0.5) is 0 Å². The summed E-state index contributed by atoms with van der Waals surface area (Å²) < 4.78 is 0. The Morgan fingerprint density at radius 3 is 2.73 bits per heavy atom. The molecule has 0 unspecified atom stereocenters. The first kappa shape index (κ1) is 7.92. The van der Waals surface area contributed by atoms with E-state index in [2.05, 4.69) is 0 Å². The first-order chi connectivity index (χ1) is 5.01. The molecule has 2 heteroatoms. The van der Waals surface area contributed by atoms with Gasteiger partial charge in [-0.25, -0.2) is 0 Å². The van der Waals surface area contributed by atoms with Crippen LogP contribution < -0.4 is 5.73 Å². The third-order valence-corrected chi connectivity index (χ3v) is 1.60. The third-order valence-electron chi connectivity index (χ3n) is 1.60. The average molecular weight is 151 g/mol. The predicted octanol–water partition coefficient (Wildman–Crippen LogP) is 1.87. The minimum absolute atomic E-state index is 0.0644. The smallest absolute Gasteiger partial charge is 0.138 e. The summed E-state index contributed by atoms with van der Waals surface area (Å²) >= 11 is 0. The van der Waals surface area contributed by atoms with Crippen molar-refractivity contribution in [2.45, 2.75) is 13.8 Å². The van der Waals surface area contributed by atoms with E-state index in [1.54, 1.807) is 6.08 Å². The third kappa shape index (κ3) is 1.87. The molecule has 0 aromatic rings. The molecule has 0 radical (unpaired) electrons. The van der Waals surface area contributed by atoms with Gasteiger partial charge < -0.3 is 10.8 Å². The van der Waals surface area contributed by atoms with Gasteiger partial charge in [0.1, 0.15) is 5.76 Å². The Morgan fingerprint density at radius 1 is 1.45 bits per heavy atom. The Bertz CT molecular complexity index is 246. The van der Waals surface area contributed by atoms with Crippen LogP contribution in [-0.2, 0) is 0 Å². The molecule has 0 saturated heterocycles. The molecule has 3 N–H and O–H groups in total. The number of allylic oxidation sites excluding steroid dienone is 4. The average Bonchev–Trinajstić information content (AvgIpc) is 1.93. The minimum atomic E-state index is -0.0644. The number of aliphatic hydroxyl groups is 1. The second-order valence-corrected chi connectivity index (χ2v) is 3.33. The van der Waals surface area contributed by atoms with Gasteiger partial charge in [-0.1, -0.05) is 26.0 Å². The molecule has 0 atom stereocenters. The lowest BCUT2D eigenvalue weighted by Crippen LogP contribution is -2.08. The maximum Gasteiger partial charge on any atom is 0.138 e. The van der Waals surface area contributed by atoms with Gasteiger partial charge in [-0.2, -0.15) is 0 Å². The number of hydrogen-bond acceptors (Lipinski definition) is 2. The van der Waals surface area contributed by atoms with Crippen molar-refractivity contribution < 1.29 is 5.11 Å². The van der Waals surface area contributed by atoms with Gasteiger partial charge in [0.2, 0.25) is 0 Å². The molecule has 60 valence electrons. The van der Waals surface area contributed by atoms with Crippen LogP contribution >= 0.6 is 0 Å². The summed E-state index contributed by atoms with van der Waals surface area (Å²) in [6.45, 7) is 4.06. The summed E-state index contributed by atoms with van der Waals surface area (Å²) in [4.78, 5) is 0. The largest absolute Gasteiger partial charge is 0.506 e. The minimum Gasteiger partial charge on any atom is -0.506 e. The molecular formula is C9H13NO. The number of aliphatic hydroxyl groups excluding tert-OH is 1. The molecule has 0 heterocycles. The zero-order valence-corrected chi connectivity index (χ0v) is 6.83. The Labute approximate surface area is 66.7 Å². The van der Waals surface area contributed by atoms with Crippen LogP contribution in [-0.4, -0.2) is 5.11 Å². The van der Waals surface area contributed by atoms with Crippen LogP contribution in [0.2, 0.25) is 0 Å². The highest BCUT2D eigenvalue weighted by atomic mass is 16.3. The Kier molecular flexibility index (Phi) is 1.77. The van der Waals surface area contributed by atoms with Gasteiger partial charge in [0.25, 0.3) is 0 Å². The van der Waals surface area contributed by atoms with Gasteiger partial charge in [-0.15, -0.1) is 0 Å². The molecule has 1 aliphatic rings. The van der Waals surface area contributed by atoms with Gasteiger partial charge in [0.15, 0.2) is 0 Å². The van der Waals surface area contributed by atoms with Crippen LogP contribution in [0.25, 0.3) is 0 Å².